The number of methoxy groups -OCH3 is 1. The molecule has 18 heavy (non-hydrogen) atoms. The number of aliphatic hydroxyl groups is 1. The van der Waals surface area contributed by atoms with Crippen molar-refractivity contribution in [3.8, 4) is 6.07 Å². The molecule has 2 heterocycles. The van der Waals surface area contributed by atoms with Gasteiger partial charge in [-0.05, 0) is 18.6 Å². The Morgan fingerprint density at radius 1 is 1.56 bits per heavy atom. The fourth-order valence-corrected chi connectivity index (χ4v) is 2.46. The minimum Gasteiger partial charge on any atom is -0.389 e. The number of ether oxygens (including phenoxy) is 1. The van der Waals surface area contributed by atoms with E-state index in [1.807, 2.05) is 24.6 Å². The van der Waals surface area contributed by atoms with E-state index in [4.69, 9.17) is 10.00 Å². The largest absolute Gasteiger partial charge is 0.389 e. The Hall–Kier alpha value is -1.35. The van der Waals surface area contributed by atoms with Crippen molar-refractivity contribution in [3.05, 3.63) is 23.0 Å². The van der Waals surface area contributed by atoms with E-state index in [9.17, 15) is 5.11 Å². The first-order valence-corrected chi connectivity index (χ1v) is 6.05. The zero-order chi connectivity index (χ0) is 13.3. The number of β-amino-alcohol motifs (C(OH)–C–C–N with tert-alkyl or cyclic N) is 1. The fraction of sp³-hybridized carbons (Fsp3) is 0.615. The van der Waals surface area contributed by atoms with E-state index in [0.717, 1.165) is 24.3 Å². The van der Waals surface area contributed by atoms with Crippen molar-refractivity contribution < 1.29 is 9.84 Å². The van der Waals surface area contributed by atoms with Gasteiger partial charge in [-0.2, -0.15) is 5.26 Å². The van der Waals surface area contributed by atoms with Crippen LogP contribution in [0.3, 0.4) is 0 Å². The summed E-state index contributed by atoms with van der Waals surface area (Å²) >= 11 is 0. The molecular formula is C13H19N3O2. The Kier molecular flexibility index (Phi) is 3.71. The van der Waals surface area contributed by atoms with Gasteiger partial charge in [0.2, 0.25) is 0 Å². The minimum atomic E-state index is -0.422. The number of hydrogen-bond donors (Lipinski definition) is 1. The Bertz CT molecular complexity index is 475. The highest BCUT2D eigenvalue weighted by molar-refractivity contribution is 5.34. The molecule has 1 aromatic heterocycles. The molecule has 1 aliphatic heterocycles. The first-order valence-electron chi connectivity index (χ1n) is 6.05. The van der Waals surface area contributed by atoms with Crippen LogP contribution in [0.1, 0.15) is 17.0 Å². The number of nitrogens with zero attached hydrogens (tertiary/aromatic N) is 3. The first-order chi connectivity index (χ1) is 8.56. The topological polar surface area (TPSA) is 61.4 Å². The van der Waals surface area contributed by atoms with Gasteiger partial charge in [0.1, 0.15) is 11.8 Å². The molecule has 98 valence electrons. The Balaban J connectivity index is 2.10. The molecule has 0 radical (unpaired) electrons. The molecule has 0 spiro atoms. The Morgan fingerprint density at radius 3 is 2.78 bits per heavy atom. The SMILES string of the molecule is CO[C@H]1CN(Cc2cc(C#N)n(C)c2C)C[C@@H]1O. The number of hydrogen-bond acceptors (Lipinski definition) is 4. The lowest BCUT2D eigenvalue weighted by molar-refractivity contribution is 0.0215. The van der Waals surface area contributed by atoms with Gasteiger partial charge >= 0.3 is 0 Å². The molecule has 0 aliphatic carbocycles. The second-order valence-electron chi connectivity index (χ2n) is 4.85. The van der Waals surface area contributed by atoms with Crippen LogP contribution in [0.15, 0.2) is 6.07 Å². The average Bonchev–Trinajstić information content (AvgIpc) is 2.84. The van der Waals surface area contributed by atoms with Gasteiger partial charge in [-0.25, -0.2) is 0 Å². The summed E-state index contributed by atoms with van der Waals surface area (Å²) in [5, 5.41) is 18.8. The molecule has 1 fully saturated rings. The molecule has 1 saturated heterocycles. The molecule has 5 heteroatoms. The predicted molar refractivity (Wildman–Crippen MR) is 66.9 cm³/mol. The highest BCUT2D eigenvalue weighted by Gasteiger charge is 2.31. The summed E-state index contributed by atoms with van der Waals surface area (Å²) in [5.41, 5.74) is 2.91. The van der Waals surface area contributed by atoms with Crippen LogP contribution in [0.25, 0.3) is 0 Å². The summed E-state index contributed by atoms with van der Waals surface area (Å²) in [5.74, 6) is 0. The molecule has 2 rings (SSSR count). The van der Waals surface area contributed by atoms with Gasteiger partial charge in [0.25, 0.3) is 0 Å². The van der Waals surface area contributed by atoms with Crippen molar-refractivity contribution in [2.24, 2.45) is 7.05 Å². The zero-order valence-corrected chi connectivity index (χ0v) is 11.1. The smallest absolute Gasteiger partial charge is 0.120 e. The third-order valence-electron chi connectivity index (χ3n) is 3.76. The molecule has 2 atom stereocenters. The van der Waals surface area contributed by atoms with E-state index < -0.39 is 6.10 Å². The maximum atomic E-state index is 9.79. The van der Waals surface area contributed by atoms with Crippen LogP contribution in [0, 0.1) is 18.3 Å². The van der Waals surface area contributed by atoms with Crippen LogP contribution in [0.4, 0.5) is 0 Å². The second-order valence-corrected chi connectivity index (χ2v) is 4.85. The summed E-state index contributed by atoms with van der Waals surface area (Å²) in [7, 11) is 3.52. The van der Waals surface area contributed by atoms with Gasteiger partial charge in [0, 0.05) is 39.5 Å². The highest BCUT2D eigenvalue weighted by atomic mass is 16.5. The third kappa shape index (κ3) is 2.27. The maximum absolute atomic E-state index is 9.79. The van der Waals surface area contributed by atoms with E-state index in [0.29, 0.717) is 12.2 Å². The van der Waals surface area contributed by atoms with Crippen molar-refractivity contribution in [3.63, 3.8) is 0 Å². The summed E-state index contributed by atoms with van der Waals surface area (Å²) in [6.07, 6.45) is -0.529. The number of aliphatic hydroxyl groups excluding tert-OH is 1. The second kappa shape index (κ2) is 5.11. The normalized spacial score (nSPS) is 24.4. The van der Waals surface area contributed by atoms with Crippen molar-refractivity contribution in [1.82, 2.24) is 9.47 Å². The lowest BCUT2D eigenvalue weighted by atomic mass is 10.2. The molecule has 1 aromatic rings. The van der Waals surface area contributed by atoms with Crippen LogP contribution in [0.5, 0.6) is 0 Å². The van der Waals surface area contributed by atoms with Crippen LogP contribution in [0.2, 0.25) is 0 Å². The Morgan fingerprint density at radius 2 is 2.28 bits per heavy atom. The average molecular weight is 249 g/mol. The quantitative estimate of drug-likeness (QED) is 0.842. The summed E-state index contributed by atoms with van der Waals surface area (Å²) in [4.78, 5) is 2.16. The maximum Gasteiger partial charge on any atom is 0.120 e. The third-order valence-corrected chi connectivity index (χ3v) is 3.76. The van der Waals surface area contributed by atoms with Gasteiger partial charge in [-0.15, -0.1) is 0 Å². The summed E-state index contributed by atoms with van der Waals surface area (Å²) in [6, 6.07) is 4.10. The molecule has 0 bridgehead atoms. The summed E-state index contributed by atoms with van der Waals surface area (Å²) in [6.45, 7) is 4.11. The van der Waals surface area contributed by atoms with Gasteiger partial charge in [0.15, 0.2) is 0 Å². The number of nitriles is 1. The van der Waals surface area contributed by atoms with Crippen molar-refractivity contribution in [1.29, 1.82) is 5.26 Å². The summed E-state index contributed by atoms with van der Waals surface area (Å²) < 4.78 is 7.12. The molecular weight excluding hydrogens is 230 g/mol. The molecule has 0 unspecified atom stereocenters. The van der Waals surface area contributed by atoms with Crippen LogP contribution in [-0.4, -0.2) is 47.0 Å². The lowest BCUT2D eigenvalue weighted by Gasteiger charge is -2.15. The molecule has 1 aliphatic rings. The van der Waals surface area contributed by atoms with Gasteiger partial charge in [0.05, 0.1) is 12.2 Å². The van der Waals surface area contributed by atoms with Crippen molar-refractivity contribution >= 4 is 0 Å². The molecule has 0 amide bonds. The zero-order valence-electron chi connectivity index (χ0n) is 11.1. The van der Waals surface area contributed by atoms with Crippen LogP contribution >= 0.6 is 0 Å². The monoisotopic (exact) mass is 249 g/mol. The van der Waals surface area contributed by atoms with Crippen molar-refractivity contribution in [2.75, 3.05) is 20.2 Å². The van der Waals surface area contributed by atoms with E-state index in [-0.39, 0.29) is 6.10 Å². The molecule has 5 nitrogen and oxygen atoms in total. The highest BCUT2D eigenvalue weighted by Crippen LogP contribution is 2.20. The first kappa shape index (κ1) is 13.1. The van der Waals surface area contributed by atoms with Gasteiger partial charge < -0.3 is 14.4 Å². The molecule has 1 N–H and O–H groups in total. The van der Waals surface area contributed by atoms with E-state index in [2.05, 4.69) is 11.0 Å². The van der Waals surface area contributed by atoms with E-state index >= 15 is 0 Å². The van der Waals surface area contributed by atoms with Crippen LogP contribution in [-0.2, 0) is 18.3 Å². The van der Waals surface area contributed by atoms with Crippen molar-refractivity contribution in [2.45, 2.75) is 25.7 Å². The Labute approximate surface area is 107 Å². The predicted octanol–water partition coefficient (Wildman–Crippen LogP) is 0.397. The van der Waals surface area contributed by atoms with E-state index in [1.54, 1.807) is 7.11 Å². The standard InChI is InChI=1S/C13H19N3O2/c1-9-10(4-11(5-14)15(9)2)6-16-7-12(17)13(8-16)18-3/h4,12-13,17H,6-8H2,1-3H3/t12-,13-/m0/s1. The lowest BCUT2D eigenvalue weighted by Crippen LogP contribution is -2.25. The van der Waals surface area contributed by atoms with Gasteiger partial charge in [-0.3, -0.25) is 4.90 Å². The molecule has 0 aromatic carbocycles. The van der Waals surface area contributed by atoms with E-state index in [1.165, 1.54) is 0 Å². The van der Waals surface area contributed by atoms with Crippen LogP contribution < -0.4 is 0 Å². The number of aromatic nitrogens is 1. The van der Waals surface area contributed by atoms with Gasteiger partial charge in [-0.1, -0.05) is 0 Å². The minimum absolute atomic E-state index is 0.107. The number of likely N-dealkylation sites (tertiary alicyclic amines) is 1. The fourth-order valence-electron chi connectivity index (χ4n) is 2.46. The number of rotatable bonds is 3. The molecule has 0 saturated carbocycles.